The molecule has 0 spiro atoms. The molecule has 0 heterocycles. The van der Waals surface area contributed by atoms with E-state index >= 15 is 0 Å². The molecule has 0 aromatic heterocycles. The minimum Gasteiger partial charge on any atom is -0.493 e. The summed E-state index contributed by atoms with van der Waals surface area (Å²) in [6.07, 6.45) is 1.71. The number of benzene rings is 2. The number of halogens is 2. The zero-order chi connectivity index (χ0) is 15.9. The molecule has 1 N–H and O–H groups in total. The second-order valence-corrected chi connectivity index (χ2v) is 5.63. The number of anilines is 1. The lowest BCUT2D eigenvalue weighted by molar-refractivity contribution is 0.310. The fraction of sp³-hybridized carbons (Fsp3) is 0.188. The van der Waals surface area contributed by atoms with Gasteiger partial charge in [0.05, 0.1) is 25.6 Å². The van der Waals surface area contributed by atoms with Gasteiger partial charge in [-0.05, 0) is 59.3 Å². The standard InChI is InChI=1S/C16H16BrClN2O2/c1-3-22-16-9-14(17)11(8-15(16)21-2)10-19-20-13-6-4-12(18)5-7-13/h4-10,20H,3H2,1-2H3. The molecule has 22 heavy (non-hydrogen) atoms. The van der Waals surface area contributed by atoms with E-state index in [0.717, 1.165) is 15.7 Å². The van der Waals surface area contributed by atoms with Crippen LogP contribution < -0.4 is 14.9 Å². The Morgan fingerprint density at radius 1 is 1.23 bits per heavy atom. The van der Waals surface area contributed by atoms with E-state index < -0.39 is 0 Å². The topological polar surface area (TPSA) is 42.8 Å². The second-order valence-electron chi connectivity index (χ2n) is 4.33. The lowest BCUT2D eigenvalue weighted by atomic mass is 10.2. The van der Waals surface area contributed by atoms with Gasteiger partial charge >= 0.3 is 0 Å². The highest BCUT2D eigenvalue weighted by molar-refractivity contribution is 9.10. The van der Waals surface area contributed by atoms with E-state index in [1.165, 1.54) is 0 Å². The monoisotopic (exact) mass is 382 g/mol. The van der Waals surface area contributed by atoms with Crippen LogP contribution in [-0.4, -0.2) is 19.9 Å². The van der Waals surface area contributed by atoms with Crippen LogP contribution in [0.2, 0.25) is 5.02 Å². The van der Waals surface area contributed by atoms with E-state index in [0.29, 0.717) is 23.1 Å². The van der Waals surface area contributed by atoms with Gasteiger partial charge in [0.2, 0.25) is 0 Å². The highest BCUT2D eigenvalue weighted by Crippen LogP contribution is 2.32. The number of rotatable bonds is 6. The average molecular weight is 384 g/mol. The fourth-order valence-electron chi connectivity index (χ4n) is 1.78. The SMILES string of the molecule is CCOc1cc(Br)c(C=NNc2ccc(Cl)cc2)cc1OC. The van der Waals surface area contributed by atoms with Gasteiger partial charge in [-0.2, -0.15) is 5.10 Å². The summed E-state index contributed by atoms with van der Waals surface area (Å²) in [6, 6.07) is 11.0. The Bertz CT molecular complexity index is 660. The van der Waals surface area contributed by atoms with Gasteiger partial charge in [-0.25, -0.2) is 0 Å². The van der Waals surface area contributed by atoms with E-state index in [4.69, 9.17) is 21.1 Å². The zero-order valence-corrected chi connectivity index (χ0v) is 14.6. The maximum atomic E-state index is 5.84. The molecule has 0 aliphatic rings. The van der Waals surface area contributed by atoms with Crippen molar-refractivity contribution in [1.29, 1.82) is 0 Å². The molecule has 0 amide bonds. The van der Waals surface area contributed by atoms with Crippen LogP contribution in [0.5, 0.6) is 11.5 Å². The predicted octanol–water partition coefficient (Wildman–Crippen LogP) is 4.96. The summed E-state index contributed by atoms with van der Waals surface area (Å²) in [5, 5.41) is 4.90. The van der Waals surface area contributed by atoms with Crippen molar-refractivity contribution in [3.63, 3.8) is 0 Å². The van der Waals surface area contributed by atoms with E-state index in [9.17, 15) is 0 Å². The normalized spacial score (nSPS) is 10.7. The summed E-state index contributed by atoms with van der Waals surface area (Å²) in [7, 11) is 1.61. The number of ether oxygens (including phenoxy) is 2. The van der Waals surface area contributed by atoms with Crippen molar-refractivity contribution < 1.29 is 9.47 Å². The first kappa shape index (κ1) is 16.6. The van der Waals surface area contributed by atoms with Crippen molar-refractivity contribution in [1.82, 2.24) is 0 Å². The van der Waals surface area contributed by atoms with Crippen molar-refractivity contribution >= 4 is 39.4 Å². The smallest absolute Gasteiger partial charge is 0.162 e. The van der Waals surface area contributed by atoms with Gasteiger partial charge in [0, 0.05) is 15.1 Å². The molecule has 2 aromatic rings. The molecule has 6 heteroatoms. The Morgan fingerprint density at radius 3 is 2.59 bits per heavy atom. The summed E-state index contributed by atoms with van der Waals surface area (Å²) in [5.74, 6) is 1.36. The molecule has 116 valence electrons. The predicted molar refractivity (Wildman–Crippen MR) is 94.5 cm³/mol. The molecule has 0 aliphatic heterocycles. The minimum atomic E-state index is 0.578. The number of hydrogen-bond donors (Lipinski definition) is 1. The number of hydrogen-bond acceptors (Lipinski definition) is 4. The summed E-state index contributed by atoms with van der Waals surface area (Å²) < 4.78 is 11.7. The Balaban J connectivity index is 2.14. The molecule has 0 aliphatic carbocycles. The van der Waals surface area contributed by atoms with Crippen LogP contribution in [0.3, 0.4) is 0 Å². The molecule has 0 atom stereocenters. The Labute approximate surface area is 143 Å². The molecule has 0 radical (unpaired) electrons. The van der Waals surface area contributed by atoms with Crippen molar-refractivity contribution in [3.8, 4) is 11.5 Å². The molecule has 0 bridgehead atoms. The van der Waals surface area contributed by atoms with Crippen molar-refractivity contribution in [2.24, 2.45) is 5.10 Å². The second kappa shape index (κ2) is 8.06. The van der Waals surface area contributed by atoms with Crippen LogP contribution >= 0.6 is 27.5 Å². The van der Waals surface area contributed by atoms with E-state index in [2.05, 4.69) is 26.5 Å². The van der Waals surface area contributed by atoms with Gasteiger partial charge in [0.1, 0.15) is 0 Å². The van der Waals surface area contributed by atoms with Crippen LogP contribution in [0.15, 0.2) is 46.0 Å². The van der Waals surface area contributed by atoms with E-state index in [1.54, 1.807) is 25.5 Å². The third kappa shape index (κ3) is 4.39. The largest absolute Gasteiger partial charge is 0.493 e. The lowest BCUT2D eigenvalue weighted by Crippen LogP contribution is -1.98. The van der Waals surface area contributed by atoms with Crippen molar-refractivity contribution in [2.45, 2.75) is 6.92 Å². The summed E-state index contributed by atoms with van der Waals surface area (Å²) in [4.78, 5) is 0. The number of nitrogens with zero attached hydrogens (tertiary/aromatic N) is 1. The van der Waals surface area contributed by atoms with Crippen LogP contribution in [0.25, 0.3) is 0 Å². The molecule has 2 rings (SSSR count). The Morgan fingerprint density at radius 2 is 1.95 bits per heavy atom. The Kier molecular flexibility index (Phi) is 6.10. The lowest BCUT2D eigenvalue weighted by Gasteiger charge is -2.11. The van der Waals surface area contributed by atoms with Crippen LogP contribution in [0.4, 0.5) is 5.69 Å². The van der Waals surface area contributed by atoms with Gasteiger partial charge in [0.25, 0.3) is 0 Å². The maximum absolute atomic E-state index is 5.84. The molecule has 0 saturated carbocycles. The summed E-state index contributed by atoms with van der Waals surface area (Å²) in [6.45, 7) is 2.51. The molecule has 0 saturated heterocycles. The number of hydrazone groups is 1. The van der Waals surface area contributed by atoms with Gasteiger partial charge in [-0.15, -0.1) is 0 Å². The summed E-state index contributed by atoms with van der Waals surface area (Å²) >= 11 is 9.34. The molecular formula is C16H16BrClN2O2. The molecule has 2 aromatic carbocycles. The minimum absolute atomic E-state index is 0.578. The quantitative estimate of drug-likeness (QED) is 0.566. The Hall–Kier alpha value is -1.72. The average Bonchev–Trinajstić information content (AvgIpc) is 2.51. The maximum Gasteiger partial charge on any atom is 0.162 e. The highest BCUT2D eigenvalue weighted by Gasteiger charge is 2.08. The zero-order valence-electron chi connectivity index (χ0n) is 12.3. The third-order valence-electron chi connectivity index (χ3n) is 2.82. The van der Waals surface area contributed by atoms with Gasteiger partial charge in [-0.1, -0.05) is 11.6 Å². The number of nitrogens with one attached hydrogen (secondary N) is 1. The van der Waals surface area contributed by atoms with Gasteiger partial charge in [-0.3, -0.25) is 5.43 Å². The van der Waals surface area contributed by atoms with E-state index in [1.807, 2.05) is 31.2 Å². The molecular weight excluding hydrogens is 368 g/mol. The highest BCUT2D eigenvalue weighted by atomic mass is 79.9. The van der Waals surface area contributed by atoms with Gasteiger partial charge < -0.3 is 9.47 Å². The summed E-state index contributed by atoms with van der Waals surface area (Å²) in [5.41, 5.74) is 4.68. The molecule has 4 nitrogen and oxygen atoms in total. The van der Waals surface area contributed by atoms with E-state index in [-0.39, 0.29) is 0 Å². The first-order chi connectivity index (χ1) is 10.6. The van der Waals surface area contributed by atoms with Crippen LogP contribution in [0, 0.1) is 0 Å². The first-order valence-electron chi connectivity index (χ1n) is 6.69. The molecule has 0 unspecified atom stereocenters. The van der Waals surface area contributed by atoms with Crippen molar-refractivity contribution in [3.05, 3.63) is 51.5 Å². The van der Waals surface area contributed by atoms with Crippen molar-refractivity contribution in [2.75, 3.05) is 19.1 Å². The van der Waals surface area contributed by atoms with Gasteiger partial charge in [0.15, 0.2) is 11.5 Å². The van der Waals surface area contributed by atoms with Crippen LogP contribution in [-0.2, 0) is 0 Å². The fourth-order valence-corrected chi connectivity index (χ4v) is 2.33. The number of methoxy groups -OCH3 is 1. The first-order valence-corrected chi connectivity index (χ1v) is 7.86. The third-order valence-corrected chi connectivity index (χ3v) is 3.76. The van der Waals surface area contributed by atoms with Crippen LogP contribution in [0.1, 0.15) is 12.5 Å². The molecule has 0 fully saturated rings.